The zero-order valence-electron chi connectivity index (χ0n) is 5.56. The lowest BCUT2D eigenvalue weighted by molar-refractivity contribution is 0.790. The lowest BCUT2D eigenvalue weighted by Gasteiger charge is -1.95. The van der Waals surface area contributed by atoms with E-state index in [0.717, 1.165) is 11.6 Å². The summed E-state index contributed by atoms with van der Waals surface area (Å²) in [5.41, 5.74) is 0. The van der Waals surface area contributed by atoms with Gasteiger partial charge in [0.2, 0.25) is 0 Å². The molecule has 1 saturated heterocycles. The third-order valence-electron chi connectivity index (χ3n) is 2.07. The van der Waals surface area contributed by atoms with Gasteiger partial charge in [0.1, 0.15) is 7.28 Å². The van der Waals surface area contributed by atoms with Crippen molar-refractivity contribution in [3.05, 3.63) is 12.7 Å². The standard InChI is InChI=1S/C7H13B/c1-3-7-5-4-6(2)8-7/h3,6-8H,1,4-5H2,2H3/t6-,7-/m1/s1. The molecule has 2 atom stereocenters. The summed E-state index contributed by atoms with van der Waals surface area (Å²) in [6, 6.07) is 0. The van der Waals surface area contributed by atoms with Crippen LogP contribution in [0.3, 0.4) is 0 Å². The Morgan fingerprint density at radius 2 is 2.38 bits per heavy atom. The van der Waals surface area contributed by atoms with E-state index in [-0.39, 0.29) is 0 Å². The quantitative estimate of drug-likeness (QED) is 0.356. The van der Waals surface area contributed by atoms with Gasteiger partial charge >= 0.3 is 0 Å². The summed E-state index contributed by atoms with van der Waals surface area (Å²) in [4.78, 5) is 0. The fraction of sp³-hybridized carbons (Fsp3) is 0.714. The van der Waals surface area contributed by atoms with Crippen LogP contribution in [0.15, 0.2) is 12.7 Å². The number of allylic oxidation sites excluding steroid dienone is 1. The average molecular weight is 108 g/mol. The van der Waals surface area contributed by atoms with Crippen molar-refractivity contribution in [1.82, 2.24) is 0 Å². The van der Waals surface area contributed by atoms with Gasteiger partial charge < -0.3 is 0 Å². The predicted octanol–water partition coefficient (Wildman–Crippen LogP) is 2.00. The Bertz CT molecular complexity index is 88.4. The molecule has 0 amide bonds. The fourth-order valence-electron chi connectivity index (χ4n) is 1.47. The number of rotatable bonds is 1. The molecule has 1 heterocycles. The van der Waals surface area contributed by atoms with Crippen LogP contribution in [0.2, 0.25) is 11.6 Å². The summed E-state index contributed by atoms with van der Waals surface area (Å²) in [6.45, 7) is 6.10. The van der Waals surface area contributed by atoms with E-state index in [0.29, 0.717) is 0 Å². The molecule has 0 bridgehead atoms. The molecule has 0 radical (unpaired) electrons. The first-order chi connectivity index (χ1) is 3.83. The van der Waals surface area contributed by atoms with Crippen LogP contribution in [0.1, 0.15) is 19.8 Å². The van der Waals surface area contributed by atoms with Gasteiger partial charge in [0, 0.05) is 0 Å². The molecule has 0 aromatic carbocycles. The molecule has 0 saturated carbocycles. The highest BCUT2D eigenvalue weighted by molar-refractivity contribution is 6.41. The largest absolute Gasteiger partial charge is 0.131 e. The van der Waals surface area contributed by atoms with Gasteiger partial charge in [0.05, 0.1) is 0 Å². The molecule has 0 aliphatic carbocycles. The Hall–Kier alpha value is -0.195. The van der Waals surface area contributed by atoms with Crippen LogP contribution in [0.5, 0.6) is 0 Å². The Kier molecular flexibility index (Phi) is 1.77. The predicted molar refractivity (Wildman–Crippen MR) is 39.8 cm³/mol. The molecule has 44 valence electrons. The molecule has 1 aliphatic rings. The fourth-order valence-corrected chi connectivity index (χ4v) is 1.47. The molecule has 0 spiro atoms. The van der Waals surface area contributed by atoms with E-state index in [1.54, 1.807) is 0 Å². The topological polar surface area (TPSA) is 0 Å². The minimum Gasteiger partial charge on any atom is -0.104 e. The monoisotopic (exact) mass is 108 g/mol. The first kappa shape index (κ1) is 5.93. The van der Waals surface area contributed by atoms with Crippen LogP contribution in [0.4, 0.5) is 0 Å². The van der Waals surface area contributed by atoms with E-state index in [9.17, 15) is 0 Å². The second-order valence-corrected chi connectivity index (χ2v) is 2.91. The Morgan fingerprint density at radius 3 is 2.62 bits per heavy atom. The van der Waals surface area contributed by atoms with Crippen LogP contribution in [-0.2, 0) is 0 Å². The highest BCUT2D eigenvalue weighted by Gasteiger charge is 2.19. The van der Waals surface area contributed by atoms with Crippen molar-refractivity contribution in [2.45, 2.75) is 31.4 Å². The van der Waals surface area contributed by atoms with Gasteiger partial charge in [-0.2, -0.15) is 0 Å². The zero-order valence-corrected chi connectivity index (χ0v) is 5.56. The van der Waals surface area contributed by atoms with Crippen molar-refractivity contribution < 1.29 is 0 Å². The normalized spacial score (nSPS) is 36.6. The molecule has 0 unspecified atom stereocenters. The first-order valence-corrected chi connectivity index (χ1v) is 3.45. The minimum atomic E-state index is 0.838. The molecule has 1 aliphatic heterocycles. The van der Waals surface area contributed by atoms with Crippen molar-refractivity contribution in [2.75, 3.05) is 0 Å². The van der Waals surface area contributed by atoms with Crippen molar-refractivity contribution in [2.24, 2.45) is 0 Å². The molecule has 0 aromatic heterocycles. The summed E-state index contributed by atoms with van der Waals surface area (Å²) in [7, 11) is 1.38. The molecule has 0 N–H and O–H groups in total. The van der Waals surface area contributed by atoms with E-state index in [1.165, 1.54) is 20.1 Å². The van der Waals surface area contributed by atoms with E-state index < -0.39 is 0 Å². The minimum absolute atomic E-state index is 0.838. The SMILES string of the molecule is C=C[C@H]1B[C@H](C)CC1. The summed E-state index contributed by atoms with van der Waals surface area (Å²) in [6.07, 6.45) is 4.89. The van der Waals surface area contributed by atoms with Crippen molar-refractivity contribution in [3.63, 3.8) is 0 Å². The van der Waals surface area contributed by atoms with Gasteiger partial charge in [0.15, 0.2) is 0 Å². The molecule has 1 heteroatoms. The maximum atomic E-state index is 3.78. The smallest absolute Gasteiger partial charge is 0.104 e. The zero-order chi connectivity index (χ0) is 5.98. The van der Waals surface area contributed by atoms with Gasteiger partial charge in [0.25, 0.3) is 0 Å². The average Bonchev–Trinajstić information content (AvgIpc) is 2.14. The molecule has 1 fully saturated rings. The first-order valence-electron chi connectivity index (χ1n) is 3.45. The van der Waals surface area contributed by atoms with Crippen LogP contribution in [0.25, 0.3) is 0 Å². The maximum absolute atomic E-state index is 3.78. The van der Waals surface area contributed by atoms with Gasteiger partial charge in [-0.05, 0) is 5.82 Å². The molecule has 0 nitrogen and oxygen atoms in total. The van der Waals surface area contributed by atoms with Crippen LogP contribution < -0.4 is 0 Å². The van der Waals surface area contributed by atoms with E-state index in [2.05, 4.69) is 19.6 Å². The van der Waals surface area contributed by atoms with Gasteiger partial charge in [-0.1, -0.05) is 31.7 Å². The van der Waals surface area contributed by atoms with Crippen molar-refractivity contribution >= 4 is 7.28 Å². The van der Waals surface area contributed by atoms with E-state index in [4.69, 9.17) is 0 Å². The second-order valence-electron chi connectivity index (χ2n) is 2.91. The van der Waals surface area contributed by atoms with Crippen molar-refractivity contribution in [3.8, 4) is 0 Å². The lowest BCUT2D eigenvalue weighted by Crippen LogP contribution is -1.92. The highest BCUT2D eigenvalue weighted by Crippen LogP contribution is 2.31. The Morgan fingerprint density at radius 1 is 1.62 bits per heavy atom. The molecular formula is C7H13B. The Labute approximate surface area is 52.2 Å². The third-order valence-corrected chi connectivity index (χ3v) is 2.07. The molecule has 8 heavy (non-hydrogen) atoms. The molecular weight excluding hydrogens is 94.9 g/mol. The number of hydrogen-bond donors (Lipinski definition) is 0. The second kappa shape index (κ2) is 2.39. The Balaban J connectivity index is 2.32. The van der Waals surface area contributed by atoms with Crippen molar-refractivity contribution in [1.29, 1.82) is 0 Å². The summed E-state index contributed by atoms with van der Waals surface area (Å²) in [5.74, 6) is 1.79. The lowest BCUT2D eigenvalue weighted by atomic mass is 9.61. The summed E-state index contributed by atoms with van der Waals surface area (Å²) >= 11 is 0. The highest BCUT2D eigenvalue weighted by atomic mass is 14.1. The molecule has 1 rings (SSSR count). The van der Waals surface area contributed by atoms with Crippen LogP contribution in [0, 0.1) is 0 Å². The number of hydrogen-bond acceptors (Lipinski definition) is 0. The third kappa shape index (κ3) is 1.15. The van der Waals surface area contributed by atoms with E-state index >= 15 is 0 Å². The summed E-state index contributed by atoms with van der Waals surface area (Å²) < 4.78 is 0. The van der Waals surface area contributed by atoms with E-state index in [1.807, 2.05) is 0 Å². The summed E-state index contributed by atoms with van der Waals surface area (Å²) in [5, 5.41) is 0. The molecule has 0 aromatic rings. The van der Waals surface area contributed by atoms with Gasteiger partial charge in [-0.25, -0.2) is 0 Å². The van der Waals surface area contributed by atoms with Gasteiger partial charge in [-0.15, -0.1) is 6.58 Å². The van der Waals surface area contributed by atoms with Crippen LogP contribution >= 0.6 is 0 Å². The van der Waals surface area contributed by atoms with Gasteiger partial charge in [-0.3, -0.25) is 0 Å². The van der Waals surface area contributed by atoms with Crippen LogP contribution in [-0.4, -0.2) is 7.28 Å². The maximum Gasteiger partial charge on any atom is 0.131 e.